The third kappa shape index (κ3) is 12.5. The van der Waals surface area contributed by atoms with Gasteiger partial charge >= 0.3 is 5.97 Å². The number of nitrogens with one attached hydrogen (secondary N) is 3. The Morgan fingerprint density at radius 1 is 0.853 bits per heavy atom. The molecule has 11 nitrogen and oxygen atoms in total. The Kier molecular flexibility index (Phi) is 16.4. The van der Waals surface area contributed by atoms with Gasteiger partial charge in [-0.2, -0.15) is 23.5 Å². The molecule has 0 aliphatic heterocycles. The monoisotopic (exact) mass is 521 g/mol. The first kappa shape index (κ1) is 32.0. The van der Waals surface area contributed by atoms with Crippen molar-refractivity contribution in [3.05, 3.63) is 0 Å². The fourth-order valence-corrected chi connectivity index (χ4v) is 3.88. The Balaban J connectivity index is 5.47. The van der Waals surface area contributed by atoms with E-state index in [2.05, 4.69) is 16.0 Å². The minimum Gasteiger partial charge on any atom is -0.480 e. The lowest BCUT2D eigenvalue weighted by atomic mass is 9.97. The lowest BCUT2D eigenvalue weighted by Gasteiger charge is -2.28. The van der Waals surface area contributed by atoms with Gasteiger partial charge in [0.15, 0.2) is 0 Å². The highest BCUT2D eigenvalue weighted by atomic mass is 32.2. The third-order valence-corrected chi connectivity index (χ3v) is 6.59. The lowest BCUT2D eigenvalue weighted by molar-refractivity contribution is -0.143. The highest BCUT2D eigenvalue weighted by molar-refractivity contribution is 7.98. The fourth-order valence-electron chi connectivity index (χ4n) is 2.92. The maximum atomic E-state index is 13.1. The molecule has 0 saturated heterocycles. The molecule has 0 saturated carbocycles. The summed E-state index contributed by atoms with van der Waals surface area (Å²) < 4.78 is 0. The number of thioether (sulfide) groups is 2. The molecular formula is C21H39N5O6S2. The highest BCUT2D eigenvalue weighted by Crippen LogP contribution is 2.11. The number of aliphatic carboxylic acids is 1. The quantitative estimate of drug-likeness (QED) is 0.140. The van der Waals surface area contributed by atoms with Crippen molar-refractivity contribution >= 4 is 53.1 Å². The molecule has 196 valence electrons. The van der Waals surface area contributed by atoms with Crippen LogP contribution in [0.1, 0.15) is 46.0 Å². The number of hydrogen-bond donors (Lipinski definition) is 6. The number of carbonyl (C=O) groups excluding carboxylic acids is 4. The van der Waals surface area contributed by atoms with Crippen LogP contribution >= 0.6 is 23.5 Å². The summed E-state index contributed by atoms with van der Waals surface area (Å²) in [4.78, 5) is 60.9. The second kappa shape index (κ2) is 17.4. The number of carbonyl (C=O) groups is 5. The van der Waals surface area contributed by atoms with Crippen LogP contribution in [0.3, 0.4) is 0 Å². The minimum atomic E-state index is -1.33. The van der Waals surface area contributed by atoms with E-state index in [0.29, 0.717) is 30.8 Å². The molecule has 13 heteroatoms. The Morgan fingerprint density at radius 2 is 1.41 bits per heavy atom. The van der Waals surface area contributed by atoms with Crippen LogP contribution in [0.5, 0.6) is 0 Å². The van der Waals surface area contributed by atoms with Crippen molar-refractivity contribution in [3.8, 4) is 0 Å². The maximum absolute atomic E-state index is 13.1. The molecule has 0 heterocycles. The second-order valence-electron chi connectivity index (χ2n) is 8.01. The molecule has 0 spiro atoms. The zero-order valence-corrected chi connectivity index (χ0v) is 21.9. The zero-order chi connectivity index (χ0) is 26.3. The molecule has 34 heavy (non-hydrogen) atoms. The molecular weight excluding hydrogens is 482 g/mol. The normalized spacial score (nSPS) is 15.3. The minimum absolute atomic E-state index is 0.169. The average Bonchev–Trinajstić information content (AvgIpc) is 2.79. The molecule has 0 aromatic rings. The fraction of sp³-hybridized carbons (Fsp3) is 0.762. The molecule has 0 bridgehead atoms. The summed E-state index contributed by atoms with van der Waals surface area (Å²) in [6.07, 6.45) is 4.72. The standard InChI is InChI=1S/C21H39N5O6S2/c1-5-12(2)17(20(30)25-15(21(31)32)6-7-16(23)27)26-19(29)14(9-11-34-4)24-18(28)13(22)8-10-33-3/h12-15,17H,5-11,22H2,1-4H3,(H2,23,27)(H,24,28)(H,25,30)(H,26,29)(H,31,32). The van der Waals surface area contributed by atoms with E-state index < -0.39 is 53.8 Å². The largest absolute Gasteiger partial charge is 0.480 e. The van der Waals surface area contributed by atoms with Gasteiger partial charge in [0.2, 0.25) is 23.6 Å². The van der Waals surface area contributed by atoms with Gasteiger partial charge in [-0.1, -0.05) is 20.3 Å². The summed E-state index contributed by atoms with van der Waals surface area (Å²) in [6, 6.07) is -4.02. The van der Waals surface area contributed by atoms with E-state index >= 15 is 0 Å². The van der Waals surface area contributed by atoms with Gasteiger partial charge in [0, 0.05) is 6.42 Å². The first-order valence-corrected chi connectivity index (χ1v) is 13.9. The van der Waals surface area contributed by atoms with E-state index in [0.717, 1.165) is 0 Å². The Labute approximate surface area is 209 Å². The van der Waals surface area contributed by atoms with E-state index in [1.54, 1.807) is 18.7 Å². The van der Waals surface area contributed by atoms with E-state index in [-0.39, 0.29) is 18.8 Å². The maximum Gasteiger partial charge on any atom is 0.326 e. The van der Waals surface area contributed by atoms with Crippen LogP contribution in [-0.4, -0.2) is 82.9 Å². The van der Waals surface area contributed by atoms with Crippen molar-refractivity contribution in [2.45, 2.75) is 70.1 Å². The number of hydrogen-bond acceptors (Lipinski definition) is 8. The van der Waals surface area contributed by atoms with Gasteiger partial charge < -0.3 is 32.5 Å². The molecule has 0 aliphatic rings. The van der Waals surface area contributed by atoms with Gasteiger partial charge in [-0.05, 0) is 49.2 Å². The molecule has 0 rings (SSSR count). The number of carboxylic acids is 1. The van der Waals surface area contributed by atoms with Crippen LogP contribution in [0, 0.1) is 5.92 Å². The highest BCUT2D eigenvalue weighted by Gasteiger charge is 2.32. The molecule has 5 unspecified atom stereocenters. The summed E-state index contributed by atoms with van der Waals surface area (Å²) in [6.45, 7) is 3.58. The van der Waals surface area contributed by atoms with Gasteiger partial charge in [0.25, 0.3) is 0 Å². The Hall–Kier alpha value is -1.99. The van der Waals surface area contributed by atoms with Crippen molar-refractivity contribution < 1.29 is 29.1 Å². The number of rotatable bonds is 18. The van der Waals surface area contributed by atoms with Crippen LogP contribution in [0.15, 0.2) is 0 Å². The number of primary amides is 1. The second-order valence-corrected chi connectivity index (χ2v) is 9.98. The van der Waals surface area contributed by atoms with Gasteiger partial charge in [-0.3, -0.25) is 19.2 Å². The first-order valence-electron chi connectivity index (χ1n) is 11.1. The van der Waals surface area contributed by atoms with Crippen molar-refractivity contribution in [1.29, 1.82) is 0 Å². The predicted molar refractivity (Wildman–Crippen MR) is 135 cm³/mol. The van der Waals surface area contributed by atoms with Gasteiger partial charge in [-0.25, -0.2) is 4.79 Å². The third-order valence-electron chi connectivity index (χ3n) is 5.30. The Morgan fingerprint density at radius 3 is 1.91 bits per heavy atom. The smallest absolute Gasteiger partial charge is 0.326 e. The van der Waals surface area contributed by atoms with E-state index in [1.807, 2.05) is 19.4 Å². The van der Waals surface area contributed by atoms with Crippen LogP contribution in [-0.2, 0) is 24.0 Å². The van der Waals surface area contributed by atoms with Crippen LogP contribution in [0.25, 0.3) is 0 Å². The molecule has 4 amide bonds. The van der Waals surface area contributed by atoms with Crippen LogP contribution in [0.4, 0.5) is 0 Å². The molecule has 8 N–H and O–H groups in total. The topological polar surface area (TPSA) is 194 Å². The summed E-state index contributed by atoms with van der Waals surface area (Å²) in [7, 11) is 0. The summed E-state index contributed by atoms with van der Waals surface area (Å²) in [5.41, 5.74) is 11.0. The van der Waals surface area contributed by atoms with Gasteiger partial charge in [-0.15, -0.1) is 0 Å². The molecule has 0 aromatic carbocycles. The average molecular weight is 522 g/mol. The SMILES string of the molecule is CCC(C)C(NC(=O)C(CCSC)NC(=O)C(N)CCSC)C(=O)NC(CCC(N)=O)C(=O)O. The molecule has 5 atom stereocenters. The lowest BCUT2D eigenvalue weighted by Crippen LogP contribution is -2.58. The Bertz CT molecular complexity index is 697. The van der Waals surface area contributed by atoms with Crippen molar-refractivity contribution in [2.75, 3.05) is 24.0 Å². The summed E-state index contributed by atoms with van der Waals surface area (Å²) >= 11 is 3.06. The summed E-state index contributed by atoms with van der Waals surface area (Å²) in [5.74, 6) is -2.72. The molecule has 0 radical (unpaired) electrons. The van der Waals surface area contributed by atoms with E-state index in [9.17, 15) is 29.1 Å². The molecule has 0 aromatic heterocycles. The van der Waals surface area contributed by atoms with Crippen molar-refractivity contribution in [3.63, 3.8) is 0 Å². The number of nitrogens with two attached hydrogens (primary N) is 2. The van der Waals surface area contributed by atoms with E-state index in [4.69, 9.17) is 11.5 Å². The van der Waals surface area contributed by atoms with E-state index in [1.165, 1.54) is 11.8 Å². The molecule has 0 aliphatic carbocycles. The summed E-state index contributed by atoms with van der Waals surface area (Å²) in [5, 5.41) is 17.1. The van der Waals surface area contributed by atoms with Crippen LogP contribution < -0.4 is 27.4 Å². The number of amides is 4. The predicted octanol–water partition coefficient (Wildman–Crippen LogP) is -0.329. The van der Waals surface area contributed by atoms with Crippen LogP contribution in [0.2, 0.25) is 0 Å². The number of carboxylic acid groups (broad SMARTS) is 1. The van der Waals surface area contributed by atoms with Crippen molar-refractivity contribution in [2.24, 2.45) is 17.4 Å². The zero-order valence-electron chi connectivity index (χ0n) is 20.3. The first-order chi connectivity index (χ1) is 16.0. The van der Waals surface area contributed by atoms with Gasteiger partial charge in [0.05, 0.1) is 6.04 Å². The molecule has 0 fully saturated rings. The van der Waals surface area contributed by atoms with Crippen molar-refractivity contribution in [1.82, 2.24) is 16.0 Å². The van der Waals surface area contributed by atoms with Gasteiger partial charge in [0.1, 0.15) is 18.1 Å².